The van der Waals surface area contributed by atoms with Crippen molar-refractivity contribution in [3.05, 3.63) is 35.9 Å². The molecule has 3 rings (SSSR count). The minimum Gasteiger partial charge on any atom is -0.345 e. The van der Waals surface area contributed by atoms with Gasteiger partial charge >= 0.3 is 0 Å². The number of nitrogens with zero attached hydrogens (tertiary/aromatic N) is 1. The second-order valence-corrected chi connectivity index (χ2v) is 4.93. The fourth-order valence-electron chi connectivity index (χ4n) is 2.85. The maximum atomic E-state index is 13.1. The number of H-pyrrole nitrogens is 1. The maximum absolute atomic E-state index is 13.1. The van der Waals surface area contributed by atoms with Crippen LogP contribution in [0.1, 0.15) is 31.7 Å². The fourth-order valence-corrected chi connectivity index (χ4v) is 2.85. The summed E-state index contributed by atoms with van der Waals surface area (Å²) in [6.07, 6.45) is 7.72. The minimum atomic E-state index is -0.443. The van der Waals surface area contributed by atoms with Gasteiger partial charge in [0.1, 0.15) is 5.65 Å². The summed E-state index contributed by atoms with van der Waals surface area (Å²) in [5.41, 5.74) is 3.08. The van der Waals surface area contributed by atoms with Crippen LogP contribution >= 0.6 is 0 Å². The molecule has 0 saturated carbocycles. The van der Waals surface area contributed by atoms with Crippen molar-refractivity contribution < 1.29 is 4.39 Å². The molecule has 0 bridgehead atoms. The van der Waals surface area contributed by atoms with Gasteiger partial charge in [0.05, 0.1) is 0 Å². The molecule has 1 aliphatic carbocycles. The Balaban J connectivity index is 2.05. The summed E-state index contributed by atoms with van der Waals surface area (Å²) in [7, 11) is 0. The lowest BCUT2D eigenvalue weighted by Crippen LogP contribution is -2.31. The summed E-state index contributed by atoms with van der Waals surface area (Å²) in [6, 6.07) is 3.62. The lowest BCUT2D eigenvalue weighted by atomic mass is 9.89. The second-order valence-electron chi connectivity index (χ2n) is 4.93. The summed E-state index contributed by atoms with van der Waals surface area (Å²) >= 11 is 0. The standard InChI is InChI=1S/C15H18FN3/c1-2-17-13-6-4-3-5-10(13)12-9-18-15-11(12)7-8-14(16)19-15/h5,7-9,13,17H,2-4,6H2,1H3,(H,18,19). The van der Waals surface area contributed by atoms with Gasteiger partial charge in [-0.2, -0.15) is 4.39 Å². The predicted molar refractivity (Wildman–Crippen MR) is 75.3 cm³/mol. The Kier molecular flexibility index (Phi) is 3.34. The van der Waals surface area contributed by atoms with Gasteiger partial charge in [-0.25, -0.2) is 4.98 Å². The molecule has 0 aliphatic heterocycles. The number of pyridine rings is 1. The lowest BCUT2D eigenvalue weighted by Gasteiger charge is -2.25. The first-order valence-corrected chi connectivity index (χ1v) is 6.87. The Morgan fingerprint density at radius 2 is 2.37 bits per heavy atom. The number of allylic oxidation sites excluding steroid dienone is 1. The van der Waals surface area contributed by atoms with Crippen LogP contribution in [0.25, 0.3) is 16.6 Å². The van der Waals surface area contributed by atoms with Gasteiger partial charge in [0.15, 0.2) is 0 Å². The Morgan fingerprint density at radius 1 is 1.47 bits per heavy atom. The molecule has 0 saturated heterocycles. The van der Waals surface area contributed by atoms with Crippen molar-refractivity contribution in [1.82, 2.24) is 15.3 Å². The van der Waals surface area contributed by atoms with Crippen LogP contribution in [0, 0.1) is 5.95 Å². The van der Waals surface area contributed by atoms with Crippen molar-refractivity contribution in [3.8, 4) is 0 Å². The van der Waals surface area contributed by atoms with E-state index in [0.29, 0.717) is 11.7 Å². The molecule has 4 heteroatoms. The molecule has 0 fully saturated rings. The van der Waals surface area contributed by atoms with Gasteiger partial charge in [-0.15, -0.1) is 0 Å². The molecule has 2 aromatic heterocycles. The van der Waals surface area contributed by atoms with Gasteiger partial charge in [0.2, 0.25) is 5.95 Å². The predicted octanol–water partition coefficient (Wildman–Crippen LogP) is 3.25. The van der Waals surface area contributed by atoms with Crippen molar-refractivity contribution >= 4 is 16.6 Å². The van der Waals surface area contributed by atoms with E-state index < -0.39 is 5.95 Å². The van der Waals surface area contributed by atoms with Crippen molar-refractivity contribution in [1.29, 1.82) is 0 Å². The first-order chi connectivity index (χ1) is 9.29. The molecule has 100 valence electrons. The molecule has 1 atom stereocenters. The average molecular weight is 259 g/mol. The second kappa shape index (κ2) is 5.13. The zero-order chi connectivity index (χ0) is 13.2. The van der Waals surface area contributed by atoms with Gasteiger partial charge in [-0.1, -0.05) is 13.0 Å². The molecule has 2 aromatic rings. The summed E-state index contributed by atoms with van der Waals surface area (Å²) in [5, 5.41) is 4.52. The molecule has 2 N–H and O–H groups in total. The molecular weight excluding hydrogens is 241 g/mol. The lowest BCUT2D eigenvalue weighted by molar-refractivity contribution is 0.551. The molecule has 0 amide bonds. The number of hydrogen-bond acceptors (Lipinski definition) is 2. The normalized spacial score (nSPS) is 19.7. The fraction of sp³-hybridized carbons (Fsp3) is 0.400. The molecule has 1 aliphatic rings. The van der Waals surface area contributed by atoms with Gasteiger partial charge in [-0.3, -0.25) is 0 Å². The van der Waals surface area contributed by atoms with E-state index in [1.165, 1.54) is 18.1 Å². The number of hydrogen-bond donors (Lipinski definition) is 2. The van der Waals surface area contributed by atoms with E-state index in [1.54, 1.807) is 0 Å². The highest BCUT2D eigenvalue weighted by Gasteiger charge is 2.20. The molecule has 0 radical (unpaired) electrons. The van der Waals surface area contributed by atoms with E-state index in [2.05, 4.69) is 28.3 Å². The topological polar surface area (TPSA) is 40.7 Å². The smallest absolute Gasteiger partial charge is 0.214 e. The third-order valence-electron chi connectivity index (χ3n) is 3.70. The Hall–Kier alpha value is -1.68. The average Bonchev–Trinajstić information content (AvgIpc) is 2.82. The first kappa shape index (κ1) is 12.4. The Bertz CT molecular complexity index is 615. The van der Waals surface area contributed by atoms with Crippen LogP contribution in [0.15, 0.2) is 24.4 Å². The summed E-state index contributed by atoms with van der Waals surface area (Å²) in [4.78, 5) is 6.96. The Labute approximate surface area is 111 Å². The molecule has 2 heterocycles. The first-order valence-electron chi connectivity index (χ1n) is 6.87. The monoisotopic (exact) mass is 259 g/mol. The maximum Gasteiger partial charge on any atom is 0.214 e. The number of rotatable bonds is 3. The van der Waals surface area contributed by atoms with Gasteiger partial charge in [0, 0.05) is 23.2 Å². The summed E-state index contributed by atoms with van der Waals surface area (Å²) in [6.45, 7) is 3.08. The van der Waals surface area contributed by atoms with Crippen LogP contribution in [0.5, 0.6) is 0 Å². The number of aromatic amines is 1. The highest BCUT2D eigenvalue weighted by Crippen LogP contribution is 2.31. The molecule has 19 heavy (non-hydrogen) atoms. The largest absolute Gasteiger partial charge is 0.345 e. The van der Waals surface area contributed by atoms with E-state index in [4.69, 9.17) is 0 Å². The molecular formula is C15H18FN3. The zero-order valence-corrected chi connectivity index (χ0v) is 11.0. The SMILES string of the molecule is CCNC1CCCC=C1c1c[nH]c2nc(F)ccc12. The van der Waals surface area contributed by atoms with Crippen LogP contribution < -0.4 is 5.32 Å². The number of aromatic nitrogens is 2. The number of nitrogens with one attached hydrogen (secondary N) is 2. The number of halogens is 1. The molecule has 1 unspecified atom stereocenters. The third-order valence-corrected chi connectivity index (χ3v) is 3.70. The zero-order valence-electron chi connectivity index (χ0n) is 11.0. The Morgan fingerprint density at radius 3 is 3.21 bits per heavy atom. The quantitative estimate of drug-likeness (QED) is 0.831. The number of likely N-dealkylation sites (N-methyl/N-ethyl adjacent to an activating group) is 1. The third kappa shape index (κ3) is 2.28. The van der Waals surface area contributed by atoms with E-state index in [-0.39, 0.29) is 0 Å². The van der Waals surface area contributed by atoms with Crippen molar-refractivity contribution in [2.75, 3.05) is 6.54 Å². The van der Waals surface area contributed by atoms with Crippen LogP contribution in [-0.4, -0.2) is 22.6 Å². The van der Waals surface area contributed by atoms with Crippen molar-refractivity contribution in [2.24, 2.45) is 0 Å². The highest BCUT2D eigenvalue weighted by molar-refractivity contribution is 5.91. The van der Waals surface area contributed by atoms with Gasteiger partial charge in [-0.05, 0) is 43.5 Å². The summed E-state index contributed by atoms with van der Waals surface area (Å²) in [5.74, 6) is -0.443. The van der Waals surface area contributed by atoms with Crippen LogP contribution in [-0.2, 0) is 0 Å². The van der Waals surface area contributed by atoms with E-state index >= 15 is 0 Å². The van der Waals surface area contributed by atoms with Crippen molar-refractivity contribution in [3.63, 3.8) is 0 Å². The van der Waals surface area contributed by atoms with Gasteiger partial charge in [0.25, 0.3) is 0 Å². The van der Waals surface area contributed by atoms with Crippen LogP contribution in [0.3, 0.4) is 0 Å². The van der Waals surface area contributed by atoms with Crippen LogP contribution in [0.4, 0.5) is 4.39 Å². The number of fused-ring (bicyclic) bond motifs is 1. The van der Waals surface area contributed by atoms with Crippen LogP contribution in [0.2, 0.25) is 0 Å². The van der Waals surface area contributed by atoms with Gasteiger partial charge < -0.3 is 10.3 Å². The van der Waals surface area contributed by atoms with E-state index in [0.717, 1.165) is 30.3 Å². The van der Waals surface area contributed by atoms with E-state index in [9.17, 15) is 4.39 Å². The van der Waals surface area contributed by atoms with E-state index in [1.807, 2.05) is 12.3 Å². The highest BCUT2D eigenvalue weighted by atomic mass is 19.1. The van der Waals surface area contributed by atoms with Crippen molar-refractivity contribution in [2.45, 2.75) is 32.2 Å². The molecule has 0 spiro atoms. The molecule has 3 nitrogen and oxygen atoms in total. The summed E-state index contributed by atoms with van der Waals surface area (Å²) < 4.78 is 13.1. The molecule has 0 aromatic carbocycles. The minimum absolute atomic E-state index is 0.391.